The zero-order chi connectivity index (χ0) is 22.2. The standard InChI is InChI=1S/C23H28N2O6/c1-4-30-23(27)25-13-11-24(12-14-25)22(26)17-9-10-19(28-2)18(15-17)16-31-21-8-6-5-7-20(21)29-3/h5-10,15H,4,11-14,16H2,1-3H3. The zero-order valence-electron chi connectivity index (χ0n) is 18.1. The van der Waals surface area contributed by atoms with E-state index in [-0.39, 0.29) is 18.6 Å². The number of amides is 2. The predicted molar refractivity (Wildman–Crippen MR) is 115 cm³/mol. The van der Waals surface area contributed by atoms with Crippen LogP contribution in [0.3, 0.4) is 0 Å². The van der Waals surface area contributed by atoms with Crippen molar-refractivity contribution in [2.45, 2.75) is 13.5 Å². The van der Waals surface area contributed by atoms with E-state index < -0.39 is 0 Å². The Morgan fingerprint density at radius 1 is 0.871 bits per heavy atom. The van der Waals surface area contributed by atoms with Gasteiger partial charge in [-0.15, -0.1) is 0 Å². The minimum absolute atomic E-state index is 0.0929. The van der Waals surface area contributed by atoms with Crippen LogP contribution in [0, 0.1) is 0 Å². The van der Waals surface area contributed by atoms with Gasteiger partial charge in [0.2, 0.25) is 0 Å². The van der Waals surface area contributed by atoms with Crippen molar-refractivity contribution < 1.29 is 28.5 Å². The molecule has 1 heterocycles. The topological polar surface area (TPSA) is 77.5 Å². The molecule has 2 aromatic carbocycles. The molecule has 0 unspecified atom stereocenters. The number of hydrogen-bond donors (Lipinski definition) is 0. The van der Waals surface area contributed by atoms with Crippen molar-refractivity contribution in [2.75, 3.05) is 47.0 Å². The Balaban J connectivity index is 1.68. The number of benzene rings is 2. The van der Waals surface area contributed by atoms with E-state index >= 15 is 0 Å². The van der Waals surface area contributed by atoms with Crippen LogP contribution in [0.15, 0.2) is 42.5 Å². The molecule has 3 rings (SSSR count). The van der Waals surface area contributed by atoms with Crippen LogP contribution in [-0.2, 0) is 11.3 Å². The van der Waals surface area contributed by atoms with Crippen molar-refractivity contribution in [1.29, 1.82) is 0 Å². The first kappa shape index (κ1) is 22.3. The van der Waals surface area contributed by atoms with Crippen LogP contribution >= 0.6 is 0 Å². The van der Waals surface area contributed by atoms with Gasteiger partial charge >= 0.3 is 6.09 Å². The first-order chi connectivity index (χ1) is 15.1. The maximum absolute atomic E-state index is 13.0. The van der Waals surface area contributed by atoms with Crippen LogP contribution in [0.4, 0.5) is 4.79 Å². The Morgan fingerprint density at radius 2 is 1.52 bits per heavy atom. The lowest BCUT2D eigenvalue weighted by Crippen LogP contribution is -2.50. The number of ether oxygens (including phenoxy) is 4. The van der Waals surface area contributed by atoms with Crippen molar-refractivity contribution in [1.82, 2.24) is 9.80 Å². The van der Waals surface area contributed by atoms with Gasteiger partial charge in [0.15, 0.2) is 11.5 Å². The highest BCUT2D eigenvalue weighted by Gasteiger charge is 2.26. The third kappa shape index (κ3) is 5.39. The normalized spacial score (nSPS) is 13.5. The van der Waals surface area contributed by atoms with Crippen molar-refractivity contribution in [3.05, 3.63) is 53.6 Å². The summed E-state index contributed by atoms with van der Waals surface area (Å²) in [4.78, 5) is 28.2. The van der Waals surface area contributed by atoms with Crippen molar-refractivity contribution in [2.24, 2.45) is 0 Å². The average molecular weight is 428 g/mol. The molecule has 1 saturated heterocycles. The molecular weight excluding hydrogens is 400 g/mol. The Bertz CT molecular complexity index is 909. The van der Waals surface area contributed by atoms with E-state index in [0.29, 0.717) is 55.6 Å². The quantitative estimate of drug-likeness (QED) is 0.674. The minimum Gasteiger partial charge on any atom is -0.496 e. The Kier molecular flexibility index (Phi) is 7.59. The number of carbonyl (C=O) groups is 2. The summed E-state index contributed by atoms with van der Waals surface area (Å²) in [5.41, 5.74) is 1.30. The van der Waals surface area contributed by atoms with Gasteiger partial charge in [-0.2, -0.15) is 0 Å². The van der Waals surface area contributed by atoms with Gasteiger partial charge in [0.1, 0.15) is 12.4 Å². The Labute approximate surface area is 182 Å². The molecule has 0 bridgehead atoms. The number of methoxy groups -OCH3 is 2. The molecule has 0 aromatic heterocycles. The monoisotopic (exact) mass is 428 g/mol. The van der Waals surface area contributed by atoms with Crippen molar-refractivity contribution in [3.8, 4) is 17.2 Å². The molecule has 0 N–H and O–H groups in total. The molecule has 2 amide bonds. The molecule has 1 aliphatic rings. The lowest BCUT2D eigenvalue weighted by Gasteiger charge is -2.34. The van der Waals surface area contributed by atoms with Crippen LogP contribution in [0.2, 0.25) is 0 Å². The average Bonchev–Trinajstić information content (AvgIpc) is 2.82. The number of para-hydroxylation sites is 2. The van der Waals surface area contributed by atoms with Gasteiger partial charge in [0, 0.05) is 37.3 Å². The lowest BCUT2D eigenvalue weighted by atomic mass is 10.1. The molecule has 1 aliphatic heterocycles. The molecule has 166 valence electrons. The van der Waals surface area contributed by atoms with E-state index in [0.717, 1.165) is 5.56 Å². The highest BCUT2D eigenvalue weighted by molar-refractivity contribution is 5.94. The highest BCUT2D eigenvalue weighted by Crippen LogP contribution is 2.29. The smallest absolute Gasteiger partial charge is 0.409 e. The molecule has 0 atom stereocenters. The molecule has 2 aromatic rings. The molecule has 0 spiro atoms. The van der Waals surface area contributed by atoms with Crippen LogP contribution < -0.4 is 14.2 Å². The van der Waals surface area contributed by atoms with E-state index in [1.807, 2.05) is 24.3 Å². The Hall–Kier alpha value is -3.42. The summed E-state index contributed by atoms with van der Waals surface area (Å²) in [7, 11) is 3.17. The fraction of sp³-hybridized carbons (Fsp3) is 0.391. The molecule has 31 heavy (non-hydrogen) atoms. The highest BCUT2D eigenvalue weighted by atomic mass is 16.6. The van der Waals surface area contributed by atoms with E-state index in [4.69, 9.17) is 18.9 Å². The van der Waals surface area contributed by atoms with Crippen molar-refractivity contribution in [3.63, 3.8) is 0 Å². The second kappa shape index (κ2) is 10.6. The number of piperazine rings is 1. The second-order valence-electron chi connectivity index (χ2n) is 6.94. The third-order valence-corrected chi connectivity index (χ3v) is 5.07. The van der Waals surface area contributed by atoms with Gasteiger partial charge in [0.05, 0.1) is 20.8 Å². The first-order valence-corrected chi connectivity index (χ1v) is 10.2. The predicted octanol–water partition coefficient (Wildman–Crippen LogP) is 3.20. The van der Waals surface area contributed by atoms with Gasteiger partial charge < -0.3 is 28.7 Å². The number of rotatable bonds is 7. The van der Waals surface area contributed by atoms with Crippen LogP contribution in [0.25, 0.3) is 0 Å². The second-order valence-corrected chi connectivity index (χ2v) is 6.94. The molecular formula is C23H28N2O6. The number of nitrogens with zero attached hydrogens (tertiary/aromatic N) is 2. The summed E-state index contributed by atoms with van der Waals surface area (Å²) in [6, 6.07) is 12.7. The first-order valence-electron chi connectivity index (χ1n) is 10.2. The molecule has 8 heteroatoms. The fourth-order valence-electron chi connectivity index (χ4n) is 3.41. The van der Waals surface area contributed by atoms with Crippen molar-refractivity contribution >= 4 is 12.0 Å². The maximum Gasteiger partial charge on any atom is 0.409 e. The summed E-state index contributed by atoms with van der Waals surface area (Å²) >= 11 is 0. The lowest BCUT2D eigenvalue weighted by molar-refractivity contribution is 0.0570. The maximum atomic E-state index is 13.0. The zero-order valence-corrected chi connectivity index (χ0v) is 18.1. The van der Waals surface area contributed by atoms with E-state index in [1.54, 1.807) is 49.1 Å². The summed E-state index contributed by atoms with van der Waals surface area (Å²) in [5.74, 6) is 1.79. The fourth-order valence-corrected chi connectivity index (χ4v) is 3.41. The molecule has 8 nitrogen and oxygen atoms in total. The van der Waals surface area contributed by atoms with Gasteiger partial charge in [-0.25, -0.2) is 4.79 Å². The number of carbonyl (C=O) groups excluding carboxylic acids is 2. The van der Waals surface area contributed by atoms with Crippen LogP contribution in [0.1, 0.15) is 22.8 Å². The van der Waals surface area contributed by atoms with E-state index in [1.165, 1.54) is 0 Å². The molecule has 1 fully saturated rings. The molecule has 0 aliphatic carbocycles. The SMILES string of the molecule is CCOC(=O)N1CCN(C(=O)c2ccc(OC)c(COc3ccccc3OC)c2)CC1. The van der Waals surface area contributed by atoms with E-state index in [2.05, 4.69) is 0 Å². The summed E-state index contributed by atoms with van der Waals surface area (Å²) < 4.78 is 21.7. The van der Waals surface area contributed by atoms with Crippen LogP contribution in [-0.4, -0.2) is 68.8 Å². The molecule has 0 radical (unpaired) electrons. The summed E-state index contributed by atoms with van der Waals surface area (Å²) in [5, 5.41) is 0. The Morgan fingerprint density at radius 3 is 2.16 bits per heavy atom. The third-order valence-electron chi connectivity index (χ3n) is 5.07. The number of hydrogen-bond acceptors (Lipinski definition) is 6. The van der Waals surface area contributed by atoms with Gasteiger partial charge in [0.25, 0.3) is 5.91 Å². The van der Waals surface area contributed by atoms with Gasteiger partial charge in [-0.1, -0.05) is 12.1 Å². The van der Waals surface area contributed by atoms with Crippen LogP contribution in [0.5, 0.6) is 17.2 Å². The summed E-state index contributed by atoms with van der Waals surface area (Å²) in [6.45, 7) is 4.14. The van der Waals surface area contributed by atoms with Gasteiger partial charge in [-0.05, 0) is 37.3 Å². The van der Waals surface area contributed by atoms with E-state index in [9.17, 15) is 9.59 Å². The minimum atomic E-state index is -0.338. The largest absolute Gasteiger partial charge is 0.496 e. The summed E-state index contributed by atoms with van der Waals surface area (Å²) in [6.07, 6.45) is -0.338. The van der Waals surface area contributed by atoms with Gasteiger partial charge in [-0.3, -0.25) is 4.79 Å². The molecule has 0 saturated carbocycles.